The van der Waals surface area contributed by atoms with E-state index in [9.17, 15) is 9.18 Å². The topological polar surface area (TPSA) is 67.6 Å². The van der Waals surface area contributed by atoms with Gasteiger partial charge in [0.1, 0.15) is 0 Å². The molecule has 1 amide bonds. The summed E-state index contributed by atoms with van der Waals surface area (Å²) >= 11 is 11.5. The normalized spacial score (nSPS) is 16.4. The fourth-order valence-electron chi connectivity index (χ4n) is 1.64. The molecule has 1 aromatic rings. The van der Waals surface area contributed by atoms with Gasteiger partial charge in [0.05, 0.1) is 17.9 Å². The van der Waals surface area contributed by atoms with Gasteiger partial charge >= 0.3 is 10.4 Å². The summed E-state index contributed by atoms with van der Waals surface area (Å²) in [5.41, 5.74) is 2.37. The number of nitrogens with zero attached hydrogens (tertiary/aromatic N) is 1. The lowest BCUT2D eigenvalue weighted by molar-refractivity contribution is -0.124. The van der Waals surface area contributed by atoms with Gasteiger partial charge in [-0.1, -0.05) is 5.92 Å². The van der Waals surface area contributed by atoms with Gasteiger partial charge in [-0.2, -0.15) is 0 Å². The van der Waals surface area contributed by atoms with Crippen LogP contribution in [-0.4, -0.2) is 17.0 Å². The van der Waals surface area contributed by atoms with Crippen molar-refractivity contribution in [2.75, 3.05) is 16.9 Å². The monoisotopic (exact) mass is 303 g/mol. The van der Waals surface area contributed by atoms with Gasteiger partial charge in [-0.25, -0.2) is 4.39 Å². The average Bonchev–Trinajstić information content (AvgIpc) is 2.34. The van der Waals surface area contributed by atoms with Gasteiger partial charge in [-0.15, -0.1) is 6.42 Å². The molecule has 1 heterocycles. The number of terminal acetylenes is 1. The molecule has 5 nitrogen and oxygen atoms in total. The molecule has 0 aliphatic carbocycles. The zero-order chi connectivity index (χ0) is 14.2. The number of amides is 1. The highest BCUT2D eigenvalue weighted by Gasteiger charge is 2.46. The molecule has 0 unspecified atom stereocenters. The van der Waals surface area contributed by atoms with E-state index in [1.807, 2.05) is 0 Å². The van der Waals surface area contributed by atoms with Gasteiger partial charge in [0.2, 0.25) is 0 Å². The first-order valence-corrected chi connectivity index (χ1v) is 5.78. The van der Waals surface area contributed by atoms with Gasteiger partial charge in [-0.05, 0) is 29.3 Å². The number of hydrogen-bond donors (Lipinski definition) is 2. The Morgan fingerprint density at radius 1 is 1.58 bits per heavy atom. The number of hydrazine groups is 1. The van der Waals surface area contributed by atoms with E-state index in [1.54, 1.807) is 0 Å². The number of hydrogen-bond acceptors (Lipinski definition) is 4. The van der Waals surface area contributed by atoms with Crippen molar-refractivity contribution in [1.29, 1.82) is 0 Å². The molecule has 0 radical (unpaired) electrons. The third-order valence-corrected chi connectivity index (χ3v) is 2.95. The average molecular weight is 304 g/mol. The predicted molar refractivity (Wildman–Crippen MR) is 70.5 cm³/mol. The summed E-state index contributed by atoms with van der Waals surface area (Å²) in [5, 5.41) is 0. The maximum Gasteiger partial charge on any atom is 0.339 e. The first kappa shape index (κ1) is 13.7. The van der Waals surface area contributed by atoms with Crippen LogP contribution in [0.25, 0.3) is 0 Å². The standard InChI is InChI=1S/C11H8Cl2FN3O2/c1-2-3-17-8-5-7(16-15)6(14)4-9(8)19-11(12,13)10(17)18/h1,4-5,16H,3,15H2. The maximum absolute atomic E-state index is 13.6. The molecule has 0 saturated heterocycles. The fraction of sp³-hybridized carbons (Fsp3) is 0.182. The Labute approximate surface area is 118 Å². The molecule has 0 fully saturated rings. The minimum absolute atomic E-state index is 0.00338. The van der Waals surface area contributed by atoms with E-state index >= 15 is 0 Å². The largest absolute Gasteiger partial charge is 0.448 e. The molecule has 0 aromatic heterocycles. The van der Waals surface area contributed by atoms with Crippen molar-refractivity contribution in [2.24, 2.45) is 5.84 Å². The van der Waals surface area contributed by atoms with Crippen LogP contribution in [0.2, 0.25) is 0 Å². The predicted octanol–water partition coefficient (Wildman–Crippen LogP) is 1.60. The molecule has 8 heteroatoms. The highest BCUT2D eigenvalue weighted by molar-refractivity contribution is 6.58. The number of benzene rings is 1. The number of nitrogens with two attached hydrogens (primary N) is 1. The molecule has 19 heavy (non-hydrogen) atoms. The van der Waals surface area contributed by atoms with E-state index in [1.165, 1.54) is 6.07 Å². The van der Waals surface area contributed by atoms with Crippen molar-refractivity contribution >= 4 is 40.5 Å². The molecule has 0 atom stereocenters. The van der Waals surface area contributed by atoms with Crippen LogP contribution in [0.1, 0.15) is 0 Å². The van der Waals surface area contributed by atoms with Crippen LogP contribution in [0.15, 0.2) is 12.1 Å². The van der Waals surface area contributed by atoms with Crippen molar-refractivity contribution in [3.05, 3.63) is 17.9 Å². The number of halogens is 3. The maximum atomic E-state index is 13.6. The van der Waals surface area contributed by atoms with E-state index in [-0.39, 0.29) is 23.7 Å². The summed E-state index contributed by atoms with van der Waals surface area (Å²) < 4.78 is 16.5. The lowest BCUT2D eigenvalue weighted by Crippen LogP contribution is -2.49. The Hall–Kier alpha value is -1.68. The molecule has 0 spiro atoms. The fourth-order valence-corrected chi connectivity index (χ4v) is 2.01. The molecule has 0 bridgehead atoms. The highest BCUT2D eigenvalue weighted by Crippen LogP contribution is 2.43. The van der Waals surface area contributed by atoms with Crippen LogP contribution in [0.4, 0.5) is 15.8 Å². The van der Waals surface area contributed by atoms with E-state index in [0.29, 0.717) is 0 Å². The van der Waals surface area contributed by atoms with Crippen LogP contribution in [0, 0.1) is 18.2 Å². The van der Waals surface area contributed by atoms with Crippen molar-refractivity contribution in [1.82, 2.24) is 0 Å². The van der Waals surface area contributed by atoms with Crippen molar-refractivity contribution in [3.63, 3.8) is 0 Å². The number of anilines is 2. The first-order valence-electron chi connectivity index (χ1n) is 5.03. The second kappa shape index (κ2) is 4.78. The van der Waals surface area contributed by atoms with Gasteiger partial charge in [-0.3, -0.25) is 15.5 Å². The Kier molecular flexibility index (Phi) is 3.45. The minimum atomic E-state index is -2.14. The summed E-state index contributed by atoms with van der Waals surface area (Å²) in [4.78, 5) is 13.1. The van der Waals surface area contributed by atoms with Crippen LogP contribution in [0.5, 0.6) is 5.75 Å². The lowest BCUT2D eigenvalue weighted by atomic mass is 10.2. The number of nitrogens with one attached hydrogen (secondary N) is 1. The van der Waals surface area contributed by atoms with Gasteiger partial charge in [0.25, 0.3) is 0 Å². The first-order chi connectivity index (χ1) is 8.90. The SMILES string of the molecule is C#CCN1C(=O)C(Cl)(Cl)Oc2cc(F)c(NN)cc21. The van der Waals surface area contributed by atoms with Gasteiger partial charge < -0.3 is 10.2 Å². The molecular formula is C11H8Cl2FN3O2. The quantitative estimate of drug-likeness (QED) is 0.377. The van der Waals surface area contributed by atoms with Crippen molar-refractivity contribution in [3.8, 4) is 18.1 Å². The number of carbonyl (C=O) groups is 1. The Balaban J connectivity index is 2.60. The minimum Gasteiger partial charge on any atom is -0.448 e. The third-order valence-electron chi connectivity index (χ3n) is 2.48. The Morgan fingerprint density at radius 3 is 2.84 bits per heavy atom. The molecule has 1 aromatic carbocycles. The number of carbonyl (C=O) groups excluding carboxylic acids is 1. The van der Waals surface area contributed by atoms with E-state index in [4.69, 9.17) is 40.2 Å². The van der Waals surface area contributed by atoms with Crippen LogP contribution < -0.4 is 20.9 Å². The summed E-state index contributed by atoms with van der Waals surface area (Å²) in [6, 6.07) is 2.29. The lowest BCUT2D eigenvalue weighted by Gasteiger charge is -2.34. The van der Waals surface area contributed by atoms with Gasteiger partial charge in [0, 0.05) is 6.07 Å². The summed E-state index contributed by atoms with van der Waals surface area (Å²) in [6.45, 7) is -0.0912. The number of alkyl halides is 2. The Morgan fingerprint density at radius 2 is 2.26 bits per heavy atom. The molecule has 3 N–H and O–H groups in total. The van der Waals surface area contributed by atoms with E-state index in [0.717, 1.165) is 11.0 Å². The van der Waals surface area contributed by atoms with E-state index < -0.39 is 16.2 Å². The number of ether oxygens (including phenoxy) is 1. The second-order valence-electron chi connectivity index (χ2n) is 3.66. The number of fused-ring (bicyclic) bond motifs is 1. The third kappa shape index (κ3) is 2.28. The molecular weight excluding hydrogens is 296 g/mol. The molecule has 0 saturated carbocycles. The molecule has 100 valence electrons. The smallest absolute Gasteiger partial charge is 0.339 e. The number of nitrogen functional groups attached to an aromatic ring is 1. The molecule has 2 rings (SSSR count). The van der Waals surface area contributed by atoms with Crippen molar-refractivity contribution < 1.29 is 13.9 Å². The van der Waals surface area contributed by atoms with Crippen molar-refractivity contribution in [2.45, 2.75) is 4.52 Å². The zero-order valence-corrected chi connectivity index (χ0v) is 10.9. The van der Waals surface area contributed by atoms with Crippen LogP contribution >= 0.6 is 23.2 Å². The van der Waals surface area contributed by atoms with Crippen LogP contribution in [-0.2, 0) is 4.79 Å². The number of rotatable bonds is 2. The highest BCUT2D eigenvalue weighted by atomic mass is 35.5. The van der Waals surface area contributed by atoms with Gasteiger partial charge in [0.15, 0.2) is 11.6 Å². The summed E-state index contributed by atoms with van der Waals surface area (Å²) in [5.74, 6) is 6.01. The molecule has 1 aliphatic rings. The Bertz CT molecular complexity index is 586. The second-order valence-corrected chi connectivity index (χ2v) is 4.92. The summed E-state index contributed by atoms with van der Waals surface area (Å²) in [7, 11) is 0. The summed E-state index contributed by atoms with van der Waals surface area (Å²) in [6.07, 6.45) is 5.18. The molecule has 1 aliphatic heterocycles. The van der Waals surface area contributed by atoms with Crippen LogP contribution in [0.3, 0.4) is 0 Å². The zero-order valence-electron chi connectivity index (χ0n) is 9.41. The van der Waals surface area contributed by atoms with E-state index in [2.05, 4.69) is 11.3 Å².